The third-order valence-corrected chi connectivity index (χ3v) is 5.57. The van der Waals surface area contributed by atoms with Gasteiger partial charge in [-0.1, -0.05) is 24.3 Å². The molecule has 0 saturated carbocycles. The Hall–Kier alpha value is -2.66. The van der Waals surface area contributed by atoms with Crippen LogP contribution in [-0.4, -0.2) is 41.3 Å². The van der Waals surface area contributed by atoms with E-state index in [2.05, 4.69) is 52.0 Å². The van der Waals surface area contributed by atoms with E-state index in [4.69, 9.17) is 0 Å². The number of piperazine rings is 1. The maximum absolute atomic E-state index is 14.5. The Balaban J connectivity index is 1.55. The smallest absolute Gasteiger partial charge is 0.128 e. The van der Waals surface area contributed by atoms with Crippen molar-refractivity contribution in [3.63, 3.8) is 0 Å². The van der Waals surface area contributed by atoms with Crippen molar-refractivity contribution in [2.75, 3.05) is 31.1 Å². The predicted octanol–water partition coefficient (Wildman–Crippen LogP) is 4.08. The van der Waals surface area contributed by atoms with Crippen molar-refractivity contribution in [2.45, 2.75) is 19.9 Å². The number of anilines is 1. The van der Waals surface area contributed by atoms with Crippen LogP contribution in [0.2, 0.25) is 0 Å². The van der Waals surface area contributed by atoms with Gasteiger partial charge in [0.15, 0.2) is 0 Å². The van der Waals surface area contributed by atoms with Crippen LogP contribution in [0.4, 0.5) is 10.1 Å². The molecule has 5 heteroatoms. The molecule has 0 bridgehead atoms. The first kappa shape index (κ1) is 17.7. The number of aryl methyl sites for hydroxylation is 2. The number of hydrogen-bond donors (Lipinski definition) is 1. The van der Waals surface area contributed by atoms with Crippen molar-refractivity contribution >= 4 is 5.69 Å². The number of nitrogens with one attached hydrogen (secondary N) is 1. The Kier molecular flexibility index (Phi) is 4.94. The maximum Gasteiger partial charge on any atom is 0.128 e. The maximum atomic E-state index is 14.5. The van der Waals surface area contributed by atoms with Gasteiger partial charge < -0.3 is 4.90 Å². The third kappa shape index (κ3) is 3.60. The molecule has 4 nitrogen and oxygen atoms in total. The first-order valence-corrected chi connectivity index (χ1v) is 9.43. The number of benzene rings is 2. The highest BCUT2D eigenvalue weighted by atomic mass is 19.1. The number of aromatic nitrogens is 2. The van der Waals surface area contributed by atoms with Crippen LogP contribution in [0.15, 0.2) is 54.9 Å². The highest BCUT2D eigenvalue weighted by Gasteiger charge is 2.29. The van der Waals surface area contributed by atoms with Crippen LogP contribution in [0.5, 0.6) is 0 Å². The summed E-state index contributed by atoms with van der Waals surface area (Å²) in [6.07, 6.45) is 3.67. The van der Waals surface area contributed by atoms with Crippen LogP contribution in [0, 0.1) is 19.7 Å². The molecule has 1 fully saturated rings. The highest BCUT2D eigenvalue weighted by molar-refractivity contribution is 5.51. The molecule has 140 valence electrons. The lowest BCUT2D eigenvalue weighted by atomic mass is 9.98. The summed E-state index contributed by atoms with van der Waals surface area (Å²) in [5.41, 5.74) is 5.61. The van der Waals surface area contributed by atoms with Crippen LogP contribution in [-0.2, 0) is 0 Å². The van der Waals surface area contributed by atoms with Crippen molar-refractivity contribution in [3.8, 4) is 0 Å². The van der Waals surface area contributed by atoms with Crippen molar-refractivity contribution < 1.29 is 4.39 Å². The summed E-state index contributed by atoms with van der Waals surface area (Å²) in [5.74, 6) is -0.166. The average Bonchev–Trinajstić information content (AvgIpc) is 3.21. The molecule has 0 amide bonds. The fraction of sp³-hybridized carbons (Fsp3) is 0.318. The largest absolute Gasteiger partial charge is 0.369 e. The summed E-state index contributed by atoms with van der Waals surface area (Å²) in [6, 6.07) is 13.6. The Labute approximate surface area is 159 Å². The fourth-order valence-corrected chi connectivity index (χ4v) is 3.85. The normalized spacial score (nSPS) is 16.5. The zero-order valence-corrected chi connectivity index (χ0v) is 15.8. The lowest BCUT2D eigenvalue weighted by Crippen LogP contribution is -2.48. The van der Waals surface area contributed by atoms with Gasteiger partial charge in [0.1, 0.15) is 5.82 Å². The molecule has 1 aliphatic rings. The summed E-state index contributed by atoms with van der Waals surface area (Å²) < 4.78 is 14.5. The highest BCUT2D eigenvalue weighted by Crippen LogP contribution is 2.31. The molecule has 1 saturated heterocycles. The number of hydrogen-bond acceptors (Lipinski definition) is 3. The van der Waals surface area contributed by atoms with E-state index in [1.807, 2.05) is 18.3 Å². The lowest BCUT2D eigenvalue weighted by molar-refractivity contribution is 0.209. The van der Waals surface area contributed by atoms with Gasteiger partial charge in [0.2, 0.25) is 0 Å². The van der Waals surface area contributed by atoms with Crippen LogP contribution < -0.4 is 4.90 Å². The van der Waals surface area contributed by atoms with E-state index in [1.165, 1.54) is 22.9 Å². The predicted molar refractivity (Wildman–Crippen MR) is 107 cm³/mol. The van der Waals surface area contributed by atoms with E-state index in [1.54, 1.807) is 12.3 Å². The van der Waals surface area contributed by atoms with Gasteiger partial charge in [0, 0.05) is 49.2 Å². The minimum atomic E-state index is -0.166. The molecule has 1 aliphatic heterocycles. The van der Waals surface area contributed by atoms with E-state index >= 15 is 0 Å². The van der Waals surface area contributed by atoms with E-state index in [0.29, 0.717) is 5.56 Å². The molecular weight excluding hydrogens is 339 g/mol. The molecule has 1 N–H and O–H groups in total. The molecule has 3 aromatic rings. The van der Waals surface area contributed by atoms with E-state index in [-0.39, 0.29) is 11.9 Å². The van der Waals surface area contributed by atoms with Gasteiger partial charge >= 0.3 is 0 Å². The molecular formula is C22H25FN4. The minimum Gasteiger partial charge on any atom is -0.369 e. The quantitative estimate of drug-likeness (QED) is 0.758. The van der Waals surface area contributed by atoms with Gasteiger partial charge in [-0.25, -0.2) is 4.39 Å². The van der Waals surface area contributed by atoms with Gasteiger partial charge in [-0.2, -0.15) is 5.10 Å². The Morgan fingerprint density at radius 2 is 1.78 bits per heavy atom. The van der Waals surface area contributed by atoms with Crippen molar-refractivity contribution in [2.24, 2.45) is 0 Å². The first-order valence-electron chi connectivity index (χ1n) is 9.43. The summed E-state index contributed by atoms with van der Waals surface area (Å²) in [6.45, 7) is 7.88. The van der Waals surface area contributed by atoms with Gasteiger partial charge in [-0.3, -0.25) is 10.00 Å². The number of rotatable bonds is 4. The van der Waals surface area contributed by atoms with Crippen molar-refractivity contribution in [1.29, 1.82) is 0 Å². The molecule has 1 atom stereocenters. The van der Waals surface area contributed by atoms with Gasteiger partial charge in [0.25, 0.3) is 0 Å². The second kappa shape index (κ2) is 7.53. The Morgan fingerprint density at radius 3 is 2.44 bits per heavy atom. The second-order valence-electron chi connectivity index (χ2n) is 7.25. The van der Waals surface area contributed by atoms with E-state index in [9.17, 15) is 4.39 Å². The topological polar surface area (TPSA) is 35.2 Å². The second-order valence-corrected chi connectivity index (χ2v) is 7.25. The summed E-state index contributed by atoms with van der Waals surface area (Å²) in [5, 5.41) is 6.96. The zero-order valence-electron chi connectivity index (χ0n) is 15.8. The average molecular weight is 364 g/mol. The first-order chi connectivity index (χ1) is 13.1. The van der Waals surface area contributed by atoms with Gasteiger partial charge in [-0.15, -0.1) is 0 Å². The molecule has 0 spiro atoms. The Bertz CT molecular complexity index is 898. The molecule has 4 rings (SSSR count). The molecule has 0 aliphatic carbocycles. The molecule has 1 aromatic heterocycles. The molecule has 2 aromatic carbocycles. The standard InChI is InChI=1S/C22H25FN4/c1-16-7-8-19(13-17(16)2)26-9-11-27(12-10-26)22(18-14-24-25-15-18)20-5-3-4-6-21(20)23/h3-8,13-15,22H,9-12H2,1-2H3,(H,24,25). The number of aromatic amines is 1. The van der Waals surface area contributed by atoms with E-state index < -0.39 is 0 Å². The lowest BCUT2D eigenvalue weighted by Gasteiger charge is -2.40. The monoisotopic (exact) mass is 364 g/mol. The number of H-pyrrole nitrogens is 1. The third-order valence-electron chi connectivity index (χ3n) is 5.57. The minimum absolute atomic E-state index is 0.119. The van der Waals surface area contributed by atoms with Crippen LogP contribution in [0.1, 0.15) is 28.3 Å². The summed E-state index contributed by atoms with van der Waals surface area (Å²) in [7, 11) is 0. The SMILES string of the molecule is Cc1ccc(N2CCN(C(c3cn[nH]c3)c3ccccc3F)CC2)cc1C. The van der Waals surface area contributed by atoms with Crippen LogP contribution >= 0.6 is 0 Å². The molecule has 2 heterocycles. The molecule has 27 heavy (non-hydrogen) atoms. The molecule has 0 radical (unpaired) electrons. The van der Waals surface area contributed by atoms with Crippen molar-refractivity contribution in [3.05, 3.63) is 82.9 Å². The summed E-state index contributed by atoms with van der Waals surface area (Å²) >= 11 is 0. The van der Waals surface area contributed by atoms with E-state index in [0.717, 1.165) is 31.7 Å². The number of nitrogens with zero attached hydrogens (tertiary/aromatic N) is 3. The van der Waals surface area contributed by atoms with Crippen molar-refractivity contribution in [1.82, 2.24) is 15.1 Å². The van der Waals surface area contributed by atoms with Crippen LogP contribution in [0.25, 0.3) is 0 Å². The zero-order chi connectivity index (χ0) is 18.8. The fourth-order valence-electron chi connectivity index (χ4n) is 3.85. The van der Waals surface area contributed by atoms with Gasteiger partial charge in [0.05, 0.1) is 12.2 Å². The summed E-state index contributed by atoms with van der Waals surface area (Å²) in [4.78, 5) is 4.76. The number of halogens is 1. The Morgan fingerprint density at radius 1 is 1.00 bits per heavy atom. The van der Waals surface area contributed by atoms with Crippen LogP contribution in [0.3, 0.4) is 0 Å². The van der Waals surface area contributed by atoms with Gasteiger partial charge in [-0.05, 0) is 43.2 Å². The molecule has 1 unspecified atom stereocenters.